The lowest BCUT2D eigenvalue weighted by Crippen LogP contribution is -2.42. The van der Waals surface area contributed by atoms with Crippen molar-refractivity contribution in [3.63, 3.8) is 0 Å². The average molecular weight is 323 g/mol. The van der Waals surface area contributed by atoms with Gasteiger partial charge in [0.25, 0.3) is 11.8 Å². The zero-order valence-corrected chi connectivity index (χ0v) is 14.2. The second-order valence-electron chi connectivity index (χ2n) is 6.19. The summed E-state index contributed by atoms with van der Waals surface area (Å²) in [6, 6.07) is 11.3. The summed E-state index contributed by atoms with van der Waals surface area (Å²) in [5, 5.41) is 0. The van der Waals surface area contributed by atoms with Crippen molar-refractivity contribution >= 4 is 11.8 Å². The van der Waals surface area contributed by atoms with Crippen molar-refractivity contribution in [3.05, 3.63) is 65.5 Å². The van der Waals surface area contributed by atoms with Crippen LogP contribution in [0.3, 0.4) is 0 Å². The van der Waals surface area contributed by atoms with E-state index in [1.54, 1.807) is 24.3 Å². The van der Waals surface area contributed by atoms with E-state index < -0.39 is 0 Å². The lowest BCUT2D eigenvalue weighted by Gasteiger charge is -2.13. The van der Waals surface area contributed by atoms with Crippen LogP contribution in [0.5, 0.6) is 0 Å². The smallest absolute Gasteiger partial charge is 0.261 e. The first-order valence-corrected chi connectivity index (χ1v) is 8.60. The van der Waals surface area contributed by atoms with E-state index in [4.69, 9.17) is 0 Å². The molecule has 24 heavy (non-hydrogen) atoms. The van der Waals surface area contributed by atoms with Crippen molar-refractivity contribution in [3.8, 4) is 0 Å². The van der Waals surface area contributed by atoms with Crippen LogP contribution in [0.2, 0.25) is 0 Å². The molecular weight excluding hydrogens is 300 g/mol. The van der Waals surface area contributed by atoms with Crippen molar-refractivity contribution < 1.29 is 14.2 Å². The van der Waals surface area contributed by atoms with Gasteiger partial charge in [0.05, 0.1) is 17.7 Å². The molecule has 124 valence electrons. The number of nitrogens with zero attached hydrogens (tertiary/aromatic N) is 2. The maximum absolute atomic E-state index is 12.3. The third kappa shape index (κ3) is 2.96. The minimum Gasteiger partial charge on any atom is -0.269 e. The van der Waals surface area contributed by atoms with Gasteiger partial charge in [-0.3, -0.25) is 14.5 Å². The van der Waals surface area contributed by atoms with Crippen LogP contribution in [0, 0.1) is 0 Å². The van der Waals surface area contributed by atoms with Gasteiger partial charge in [0.15, 0.2) is 18.9 Å². The molecule has 0 fully saturated rings. The minimum absolute atomic E-state index is 0.190. The molecule has 0 saturated heterocycles. The number of fused-ring (bicyclic) bond motifs is 1. The van der Waals surface area contributed by atoms with Crippen LogP contribution in [0.25, 0.3) is 0 Å². The van der Waals surface area contributed by atoms with Crippen LogP contribution in [-0.4, -0.2) is 23.3 Å². The Balaban J connectivity index is 1.67. The first-order valence-electron chi connectivity index (χ1n) is 8.60. The number of carbonyl (C=O) groups is 2. The molecular formula is C20H23N2O2+. The molecule has 0 N–H and O–H groups in total. The summed E-state index contributed by atoms with van der Waals surface area (Å²) in [5.74, 6) is 0.214. The Morgan fingerprint density at radius 1 is 0.917 bits per heavy atom. The topological polar surface area (TPSA) is 41.3 Å². The number of hydrogen-bond acceptors (Lipinski definition) is 2. The fraction of sp³-hybridized carbons (Fsp3) is 0.350. The monoisotopic (exact) mass is 323 g/mol. The second-order valence-corrected chi connectivity index (χ2v) is 6.19. The molecule has 2 amide bonds. The Labute approximate surface area is 142 Å². The molecule has 1 aromatic carbocycles. The minimum atomic E-state index is -0.190. The Hall–Kier alpha value is -2.49. The normalized spacial score (nSPS) is 13.7. The second kappa shape index (κ2) is 6.95. The van der Waals surface area contributed by atoms with E-state index >= 15 is 0 Å². The van der Waals surface area contributed by atoms with Gasteiger partial charge in [-0.25, -0.2) is 4.57 Å². The number of pyridine rings is 1. The summed E-state index contributed by atoms with van der Waals surface area (Å²) in [7, 11) is 0. The van der Waals surface area contributed by atoms with E-state index in [1.165, 1.54) is 10.5 Å². The molecule has 1 aliphatic rings. The molecule has 1 aromatic heterocycles. The number of benzene rings is 1. The fourth-order valence-corrected chi connectivity index (χ4v) is 3.31. The molecule has 2 heterocycles. The van der Waals surface area contributed by atoms with Gasteiger partial charge in [-0.1, -0.05) is 26.0 Å². The molecule has 3 rings (SSSR count). The molecule has 0 aliphatic carbocycles. The van der Waals surface area contributed by atoms with Crippen LogP contribution >= 0.6 is 0 Å². The molecule has 0 saturated carbocycles. The number of amides is 2. The Morgan fingerprint density at radius 3 is 1.96 bits per heavy atom. The number of aromatic nitrogens is 1. The summed E-state index contributed by atoms with van der Waals surface area (Å²) in [4.78, 5) is 26.0. The Kier molecular flexibility index (Phi) is 4.74. The molecule has 1 aliphatic heterocycles. The predicted molar refractivity (Wildman–Crippen MR) is 91.8 cm³/mol. The first kappa shape index (κ1) is 16.4. The van der Waals surface area contributed by atoms with Crippen LogP contribution < -0.4 is 4.57 Å². The standard InChI is InChI=1S/C20H23N2O2/c1-3-15(4-2)16-9-11-21(12-10-16)13-14-22-19(23)17-7-5-6-8-18(17)20(22)24/h5-12,15H,3-4,13-14H2,1-2H3/q+1. The third-order valence-corrected chi connectivity index (χ3v) is 4.83. The highest BCUT2D eigenvalue weighted by molar-refractivity contribution is 6.21. The van der Waals surface area contributed by atoms with Crippen LogP contribution in [0.4, 0.5) is 0 Å². The van der Waals surface area contributed by atoms with Crippen molar-refractivity contribution in [1.82, 2.24) is 4.90 Å². The zero-order valence-electron chi connectivity index (χ0n) is 14.2. The third-order valence-electron chi connectivity index (χ3n) is 4.83. The van der Waals surface area contributed by atoms with Gasteiger partial charge < -0.3 is 0 Å². The van der Waals surface area contributed by atoms with Crippen molar-refractivity contribution in [1.29, 1.82) is 0 Å². The van der Waals surface area contributed by atoms with Gasteiger partial charge in [0, 0.05) is 12.1 Å². The van der Waals surface area contributed by atoms with E-state index in [0.29, 0.717) is 30.1 Å². The van der Waals surface area contributed by atoms with E-state index in [0.717, 1.165) is 12.8 Å². The van der Waals surface area contributed by atoms with E-state index in [9.17, 15) is 9.59 Å². The highest BCUT2D eigenvalue weighted by Crippen LogP contribution is 2.22. The Morgan fingerprint density at radius 2 is 1.46 bits per heavy atom. The molecule has 0 radical (unpaired) electrons. The number of carbonyl (C=O) groups excluding carboxylic acids is 2. The quantitative estimate of drug-likeness (QED) is 0.605. The van der Waals surface area contributed by atoms with Gasteiger partial charge in [-0.05, 0) is 36.5 Å². The van der Waals surface area contributed by atoms with E-state index in [-0.39, 0.29) is 11.8 Å². The average Bonchev–Trinajstić information content (AvgIpc) is 2.87. The number of rotatable bonds is 6. The molecule has 4 heteroatoms. The maximum atomic E-state index is 12.3. The highest BCUT2D eigenvalue weighted by Gasteiger charge is 2.35. The van der Waals surface area contributed by atoms with Gasteiger partial charge in [-0.2, -0.15) is 0 Å². The van der Waals surface area contributed by atoms with Crippen molar-refractivity contribution in [2.75, 3.05) is 6.54 Å². The molecule has 0 bridgehead atoms. The van der Waals surface area contributed by atoms with Gasteiger partial charge in [0.1, 0.15) is 0 Å². The van der Waals surface area contributed by atoms with Crippen LogP contribution in [-0.2, 0) is 6.54 Å². The first-order chi connectivity index (χ1) is 11.7. The van der Waals surface area contributed by atoms with Gasteiger partial charge in [0.2, 0.25) is 0 Å². The Bertz CT molecular complexity index is 713. The lowest BCUT2D eigenvalue weighted by molar-refractivity contribution is -0.696. The summed E-state index contributed by atoms with van der Waals surface area (Å²) in [5.41, 5.74) is 2.37. The summed E-state index contributed by atoms with van der Waals surface area (Å²) < 4.78 is 2.02. The van der Waals surface area contributed by atoms with E-state index in [2.05, 4.69) is 26.0 Å². The molecule has 0 atom stereocenters. The molecule has 0 unspecified atom stereocenters. The van der Waals surface area contributed by atoms with Crippen LogP contribution in [0.15, 0.2) is 48.8 Å². The number of imide groups is 1. The zero-order chi connectivity index (χ0) is 17.1. The molecule has 2 aromatic rings. The van der Waals surface area contributed by atoms with Crippen molar-refractivity contribution in [2.24, 2.45) is 0 Å². The summed E-state index contributed by atoms with van der Waals surface area (Å²) in [6.45, 7) is 5.41. The summed E-state index contributed by atoms with van der Waals surface area (Å²) >= 11 is 0. The predicted octanol–water partition coefficient (Wildman–Crippen LogP) is 3.17. The van der Waals surface area contributed by atoms with Gasteiger partial charge >= 0.3 is 0 Å². The largest absolute Gasteiger partial charge is 0.269 e. The molecule has 0 spiro atoms. The van der Waals surface area contributed by atoms with Crippen molar-refractivity contribution in [2.45, 2.75) is 39.2 Å². The van der Waals surface area contributed by atoms with E-state index in [1.807, 2.05) is 17.0 Å². The molecule has 4 nitrogen and oxygen atoms in total. The maximum Gasteiger partial charge on any atom is 0.261 e. The fourth-order valence-electron chi connectivity index (χ4n) is 3.31. The number of hydrogen-bond donors (Lipinski definition) is 0. The lowest BCUT2D eigenvalue weighted by atomic mass is 9.95. The van der Waals surface area contributed by atoms with Crippen LogP contribution in [0.1, 0.15) is 58.9 Å². The SMILES string of the molecule is CCC(CC)c1cc[n+](CCN2C(=O)c3ccccc3C2=O)cc1. The summed E-state index contributed by atoms with van der Waals surface area (Å²) in [6.07, 6.45) is 6.34. The highest BCUT2D eigenvalue weighted by atomic mass is 16.2. The van der Waals surface area contributed by atoms with Gasteiger partial charge in [-0.15, -0.1) is 0 Å².